The smallest absolute Gasteiger partial charge is 0.411 e. The fraction of sp³-hybridized carbons (Fsp3) is 0.318. The number of hydrogen-bond donors (Lipinski definition) is 2. The van der Waals surface area contributed by atoms with Gasteiger partial charge >= 0.3 is 6.09 Å². The molecule has 0 saturated heterocycles. The maximum Gasteiger partial charge on any atom is 0.411 e. The van der Waals surface area contributed by atoms with Crippen molar-refractivity contribution in [2.24, 2.45) is 0 Å². The number of nitrogens with one attached hydrogen (secondary N) is 2. The molecule has 2 aromatic heterocycles. The zero-order chi connectivity index (χ0) is 21.7. The first-order chi connectivity index (χ1) is 14.4. The zero-order valence-corrected chi connectivity index (χ0v) is 17.6. The van der Waals surface area contributed by atoms with Gasteiger partial charge in [-0.3, -0.25) is 10.1 Å². The monoisotopic (exact) mass is 410 g/mol. The lowest BCUT2D eigenvalue weighted by molar-refractivity contribution is -0.119. The maximum atomic E-state index is 12.3. The average Bonchev–Trinajstić information content (AvgIpc) is 3.14. The molecule has 1 aromatic carbocycles. The van der Waals surface area contributed by atoms with Crippen LogP contribution in [0.25, 0.3) is 22.2 Å². The maximum absolute atomic E-state index is 12.3. The first-order valence-corrected chi connectivity index (χ1v) is 9.69. The van der Waals surface area contributed by atoms with Crippen LogP contribution in [0.3, 0.4) is 0 Å². The number of aromatic nitrogens is 2. The summed E-state index contributed by atoms with van der Waals surface area (Å²) in [5.74, 6) is -0.0234. The number of amides is 2. The number of ether oxygens (including phenoxy) is 2. The van der Waals surface area contributed by atoms with Gasteiger partial charge < -0.3 is 19.4 Å². The molecule has 2 amide bonds. The van der Waals surface area contributed by atoms with E-state index in [4.69, 9.17) is 9.47 Å². The minimum atomic E-state index is -0.526. The van der Waals surface area contributed by atoms with E-state index in [2.05, 4.69) is 15.3 Å². The van der Waals surface area contributed by atoms with Gasteiger partial charge in [0.2, 0.25) is 5.91 Å². The van der Waals surface area contributed by atoms with Gasteiger partial charge in [0, 0.05) is 37.0 Å². The summed E-state index contributed by atoms with van der Waals surface area (Å²) in [6.45, 7) is 3.95. The number of carbonyl (C=O) groups is 2. The van der Waals surface area contributed by atoms with Crippen molar-refractivity contribution in [3.63, 3.8) is 0 Å². The number of methoxy groups -OCH3 is 1. The van der Waals surface area contributed by atoms with E-state index in [0.29, 0.717) is 24.4 Å². The Morgan fingerprint density at radius 1 is 1.27 bits per heavy atom. The highest BCUT2D eigenvalue weighted by molar-refractivity contribution is 5.98. The van der Waals surface area contributed by atoms with E-state index >= 15 is 0 Å². The van der Waals surface area contributed by atoms with Crippen molar-refractivity contribution >= 4 is 34.4 Å². The summed E-state index contributed by atoms with van der Waals surface area (Å²) in [5.41, 5.74) is 3.86. The predicted octanol–water partition coefficient (Wildman–Crippen LogP) is 4.19. The van der Waals surface area contributed by atoms with Gasteiger partial charge in [0.25, 0.3) is 0 Å². The number of aromatic amines is 1. The third kappa shape index (κ3) is 4.96. The third-order valence-electron chi connectivity index (χ3n) is 4.56. The highest BCUT2D eigenvalue weighted by Crippen LogP contribution is 2.31. The van der Waals surface area contributed by atoms with Gasteiger partial charge in [0.1, 0.15) is 5.65 Å². The second-order valence-corrected chi connectivity index (χ2v) is 7.15. The van der Waals surface area contributed by atoms with Crippen LogP contribution < -0.4 is 10.2 Å². The number of rotatable bonds is 7. The predicted molar refractivity (Wildman–Crippen MR) is 117 cm³/mol. The number of carbonyl (C=O) groups excluding carboxylic acids is 2. The minimum absolute atomic E-state index is 0.0234. The SMILES string of the molecule is COCCC(=O)N(C)c1cccc(-c2c[nH]c3ncc(NC(=O)OC(C)C)cc23)c1. The number of nitrogens with zero attached hydrogens (tertiary/aromatic N) is 2. The van der Waals surface area contributed by atoms with Gasteiger partial charge in [-0.25, -0.2) is 9.78 Å². The van der Waals surface area contributed by atoms with Crippen molar-refractivity contribution in [3.8, 4) is 11.1 Å². The number of H-pyrrole nitrogens is 1. The molecule has 0 bridgehead atoms. The molecule has 0 atom stereocenters. The molecule has 3 rings (SSSR count). The molecule has 0 aliphatic heterocycles. The van der Waals surface area contributed by atoms with Crippen LogP contribution in [0, 0.1) is 0 Å². The van der Waals surface area contributed by atoms with Gasteiger partial charge in [-0.1, -0.05) is 12.1 Å². The summed E-state index contributed by atoms with van der Waals surface area (Å²) in [4.78, 5) is 33.3. The van der Waals surface area contributed by atoms with E-state index < -0.39 is 6.09 Å². The van der Waals surface area contributed by atoms with Crippen LogP contribution >= 0.6 is 0 Å². The molecule has 0 saturated carbocycles. The molecule has 0 aliphatic rings. The lowest BCUT2D eigenvalue weighted by atomic mass is 10.0. The Labute approximate surface area is 175 Å². The van der Waals surface area contributed by atoms with Gasteiger partial charge in [0.05, 0.1) is 31.0 Å². The Hall–Kier alpha value is -3.39. The molecule has 158 valence electrons. The number of pyridine rings is 1. The Bertz CT molecular complexity index is 1040. The summed E-state index contributed by atoms with van der Waals surface area (Å²) in [6, 6.07) is 9.54. The lowest BCUT2D eigenvalue weighted by Crippen LogP contribution is -2.26. The Morgan fingerprint density at radius 2 is 2.07 bits per heavy atom. The standard InChI is InChI=1S/C22H26N4O4/c1-14(2)30-22(28)25-16-11-18-19(13-24-21(18)23-12-16)15-6-5-7-17(10-15)26(3)20(27)8-9-29-4/h5-7,10-14H,8-9H2,1-4H3,(H,23,24)(H,25,28). The van der Waals surface area contributed by atoms with Crippen molar-refractivity contribution < 1.29 is 19.1 Å². The van der Waals surface area contributed by atoms with E-state index in [9.17, 15) is 9.59 Å². The summed E-state index contributed by atoms with van der Waals surface area (Å²) >= 11 is 0. The van der Waals surface area contributed by atoms with Crippen LogP contribution in [0.2, 0.25) is 0 Å². The zero-order valence-electron chi connectivity index (χ0n) is 17.6. The molecule has 8 heteroatoms. The first kappa shape index (κ1) is 21.3. The Morgan fingerprint density at radius 3 is 2.80 bits per heavy atom. The fourth-order valence-electron chi connectivity index (χ4n) is 3.06. The summed E-state index contributed by atoms with van der Waals surface area (Å²) < 4.78 is 10.1. The number of fused-ring (bicyclic) bond motifs is 1. The number of benzene rings is 1. The number of hydrogen-bond acceptors (Lipinski definition) is 5. The van der Waals surface area contributed by atoms with Crippen molar-refractivity contribution in [2.45, 2.75) is 26.4 Å². The normalized spacial score (nSPS) is 11.0. The summed E-state index contributed by atoms with van der Waals surface area (Å²) in [7, 11) is 3.32. The van der Waals surface area contributed by atoms with Gasteiger partial charge in [-0.15, -0.1) is 0 Å². The lowest BCUT2D eigenvalue weighted by Gasteiger charge is -2.18. The van der Waals surface area contributed by atoms with E-state index in [0.717, 1.165) is 22.2 Å². The van der Waals surface area contributed by atoms with Gasteiger partial charge in [-0.05, 0) is 37.6 Å². The average molecular weight is 410 g/mol. The van der Waals surface area contributed by atoms with Crippen LogP contribution in [-0.2, 0) is 14.3 Å². The minimum Gasteiger partial charge on any atom is -0.447 e. The molecule has 30 heavy (non-hydrogen) atoms. The molecule has 2 N–H and O–H groups in total. The highest BCUT2D eigenvalue weighted by Gasteiger charge is 2.14. The van der Waals surface area contributed by atoms with Crippen LogP contribution in [0.1, 0.15) is 20.3 Å². The largest absolute Gasteiger partial charge is 0.447 e. The molecule has 0 radical (unpaired) electrons. The van der Waals surface area contributed by atoms with Crippen molar-refractivity contribution in [1.29, 1.82) is 0 Å². The van der Waals surface area contributed by atoms with E-state index in [1.807, 2.05) is 36.5 Å². The second-order valence-electron chi connectivity index (χ2n) is 7.15. The van der Waals surface area contributed by atoms with Crippen molar-refractivity contribution in [3.05, 3.63) is 42.7 Å². The van der Waals surface area contributed by atoms with E-state index in [1.165, 1.54) is 0 Å². The fourth-order valence-corrected chi connectivity index (χ4v) is 3.06. The Balaban J connectivity index is 1.88. The third-order valence-corrected chi connectivity index (χ3v) is 4.56. The van der Waals surface area contributed by atoms with Crippen LogP contribution in [-0.4, -0.2) is 48.8 Å². The van der Waals surface area contributed by atoms with E-state index in [1.54, 1.807) is 39.1 Å². The number of anilines is 2. The van der Waals surface area contributed by atoms with E-state index in [-0.39, 0.29) is 12.0 Å². The second kappa shape index (κ2) is 9.41. The van der Waals surface area contributed by atoms with Crippen molar-refractivity contribution in [2.75, 3.05) is 31.0 Å². The van der Waals surface area contributed by atoms with Crippen LogP contribution in [0.5, 0.6) is 0 Å². The van der Waals surface area contributed by atoms with Crippen molar-refractivity contribution in [1.82, 2.24) is 9.97 Å². The van der Waals surface area contributed by atoms with Gasteiger partial charge in [0.15, 0.2) is 0 Å². The molecule has 8 nitrogen and oxygen atoms in total. The summed E-state index contributed by atoms with van der Waals surface area (Å²) in [6.07, 6.45) is 3.01. The molecule has 0 fully saturated rings. The molecule has 0 aliphatic carbocycles. The van der Waals surface area contributed by atoms with Gasteiger partial charge in [-0.2, -0.15) is 0 Å². The van der Waals surface area contributed by atoms with Crippen LogP contribution in [0.15, 0.2) is 42.7 Å². The van der Waals surface area contributed by atoms with Crippen LogP contribution in [0.4, 0.5) is 16.2 Å². The molecule has 2 heterocycles. The molecular formula is C22H26N4O4. The quantitative estimate of drug-likeness (QED) is 0.609. The highest BCUT2D eigenvalue weighted by atomic mass is 16.6. The molecule has 3 aromatic rings. The molecule has 0 spiro atoms. The molecule has 0 unspecified atom stereocenters. The first-order valence-electron chi connectivity index (χ1n) is 9.69. The topological polar surface area (TPSA) is 96.5 Å². The molecular weight excluding hydrogens is 384 g/mol. The Kier molecular flexibility index (Phi) is 6.68. The summed E-state index contributed by atoms with van der Waals surface area (Å²) in [5, 5.41) is 3.55.